The van der Waals surface area contributed by atoms with Crippen molar-refractivity contribution in [3.05, 3.63) is 35.0 Å². The summed E-state index contributed by atoms with van der Waals surface area (Å²) in [6.07, 6.45) is 7.73. The van der Waals surface area contributed by atoms with Gasteiger partial charge in [-0.1, -0.05) is 13.8 Å². The van der Waals surface area contributed by atoms with Gasteiger partial charge in [0, 0.05) is 41.7 Å². The number of Topliss-reactive ketones (excluding diaryl/α,β-unsaturated/α-hetero) is 1. The number of benzene rings is 1. The highest BCUT2D eigenvalue weighted by Crippen LogP contribution is 2.39. The number of rotatable bonds is 10. The second-order valence-corrected chi connectivity index (χ2v) is 11.1. The highest BCUT2D eigenvalue weighted by Gasteiger charge is 2.32. The van der Waals surface area contributed by atoms with Gasteiger partial charge < -0.3 is 20.0 Å². The summed E-state index contributed by atoms with van der Waals surface area (Å²) in [5.74, 6) is 1.06. The van der Waals surface area contributed by atoms with Gasteiger partial charge in [-0.05, 0) is 86.5 Å². The van der Waals surface area contributed by atoms with Crippen LogP contribution in [-0.2, 0) is 29.4 Å². The van der Waals surface area contributed by atoms with Crippen molar-refractivity contribution < 1.29 is 14.3 Å². The first kappa shape index (κ1) is 23.3. The number of nitrogens with one attached hydrogen (secondary N) is 2. The summed E-state index contributed by atoms with van der Waals surface area (Å²) in [4.78, 5) is 25.2. The second-order valence-electron chi connectivity index (χ2n) is 11.1. The Morgan fingerprint density at radius 2 is 1.97 bits per heavy atom. The zero-order chi connectivity index (χ0) is 24.0. The summed E-state index contributed by atoms with van der Waals surface area (Å²) in [5.41, 5.74) is 4.60. The van der Waals surface area contributed by atoms with Gasteiger partial charge in [-0.25, -0.2) is 0 Å². The fraction of sp³-hybridized carbons (Fsp3) is 0.607. The molecule has 1 aromatic carbocycles. The molecule has 6 heteroatoms. The van der Waals surface area contributed by atoms with Crippen LogP contribution in [0, 0.1) is 23.2 Å². The van der Waals surface area contributed by atoms with Crippen LogP contribution in [0.4, 0.5) is 0 Å². The molecule has 2 aromatic rings. The van der Waals surface area contributed by atoms with Crippen LogP contribution >= 0.6 is 0 Å². The number of aromatic nitrogens is 1. The normalized spacial score (nSPS) is 23.3. The van der Waals surface area contributed by atoms with Crippen LogP contribution in [0.15, 0.2) is 18.2 Å². The van der Waals surface area contributed by atoms with Gasteiger partial charge >= 0.3 is 0 Å². The van der Waals surface area contributed by atoms with Crippen molar-refractivity contribution in [3.63, 3.8) is 0 Å². The maximum Gasteiger partial charge on any atom is 0.220 e. The standard InChI is InChI=1S/C28H37N3O3/c1-16(11-27(32)30-20-6-7-20)10-24(29)28(33)19-5-9-26-23(14-19)22-13-18(4-8-25(22)31(26)3)17(2)12-21-15-34-21/h5,9,14,16-18,20-21,29H,4,6-8,10-13,15H2,1-3H3,(H,30,32)/t16-,17?,18?,21?/m1/s1. The number of carbonyl (C=O) groups is 2. The number of carbonyl (C=O) groups excluding carboxylic acids is 2. The minimum Gasteiger partial charge on any atom is -0.373 e. The van der Waals surface area contributed by atoms with Crippen LogP contribution in [0.1, 0.15) is 74.0 Å². The summed E-state index contributed by atoms with van der Waals surface area (Å²) >= 11 is 0. The number of ketones is 1. The van der Waals surface area contributed by atoms with Crippen molar-refractivity contribution in [3.8, 4) is 0 Å². The van der Waals surface area contributed by atoms with E-state index in [-0.39, 0.29) is 23.3 Å². The smallest absolute Gasteiger partial charge is 0.220 e. The molecule has 1 saturated carbocycles. The lowest BCUT2D eigenvalue weighted by Gasteiger charge is -2.28. The summed E-state index contributed by atoms with van der Waals surface area (Å²) < 4.78 is 7.75. The van der Waals surface area contributed by atoms with Crippen LogP contribution in [0.25, 0.3) is 10.9 Å². The van der Waals surface area contributed by atoms with Gasteiger partial charge in [0.15, 0.2) is 0 Å². The first-order valence-corrected chi connectivity index (χ1v) is 12.9. The molecule has 34 heavy (non-hydrogen) atoms. The third-order valence-corrected chi connectivity index (χ3v) is 8.06. The van der Waals surface area contributed by atoms with Gasteiger partial charge in [0.1, 0.15) is 0 Å². The SMILES string of the molecule is CC(CC1CO1)C1CCc2c(c3cc(C(=O)C(=N)C[C@@H](C)CC(=O)NC4CC4)ccc3n2C)C1. The van der Waals surface area contributed by atoms with E-state index in [1.54, 1.807) is 0 Å². The predicted molar refractivity (Wildman–Crippen MR) is 134 cm³/mol. The minimum absolute atomic E-state index is 0.0268. The number of fused-ring (bicyclic) bond motifs is 3. The van der Waals surface area contributed by atoms with E-state index in [1.807, 2.05) is 25.1 Å². The van der Waals surface area contributed by atoms with E-state index < -0.39 is 0 Å². The second kappa shape index (κ2) is 9.29. The van der Waals surface area contributed by atoms with Gasteiger partial charge in [-0.2, -0.15) is 0 Å². The maximum absolute atomic E-state index is 13.1. The molecule has 1 saturated heterocycles. The summed E-state index contributed by atoms with van der Waals surface area (Å²) in [6, 6.07) is 6.25. The number of epoxide rings is 1. The van der Waals surface area contributed by atoms with Crippen LogP contribution < -0.4 is 5.32 Å². The highest BCUT2D eigenvalue weighted by molar-refractivity contribution is 6.45. The minimum atomic E-state index is -0.222. The fourth-order valence-corrected chi connectivity index (χ4v) is 5.76. The van der Waals surface area contributed by atoms with Crippen LogP contribution in [-0.4, -0.2) is 40.7 Å². The quantitative estimate of drug-likeness (QED) is 0.307. The van der Waals surface area contributed by atoms with Crippen LogP contribution in [0.5, 0.6) is 0 Å². The van der Waals surface area contributed by atoms with Crippen molar-refractivity contribution in [2.24, 2.45) is 24.8 Å². The number of aryl methyl sites for hydroxylation is 1. The maximum atomic E-state index is 13.1. The largest absolute Gasteiger partial charge is 0.373 e. The molecule has 2 aliphatic carbocycles. The van der Waals surface area contributed by atoms with Gasteiger partial charge in [-0.15, -0.1) is 0 Å². The Labute approximate surface area is 201 Å². The van der Waals surface area contributed by atoms with E-state index in [2.05, 4.69) is 23.9 Å². The van der Waals surface area contributed by atoms with Crippen LogP contribution in [0.3, 0.4) is 0 Å². The zero-order valence-corrected chi connectivity index (χ0v) is 20.7. The first-order chi connectivity index (χ1) is 16.3. The summed E-state index contributed by atoms with van der Waals surface area (Å²) in [7, 11) is 2.13. The summed E-state index contributed by atoms with van der Waals surface area (Å²) in [6.45, 7) is 5.21. The Morgan fingerprint density at radius 1 is 1.21 bits per heavy atom. The lowest BCUT2D eigenvalue weighted by Crippen LogP contribution is -2.28. The molecule has 3 unspecified atom stereocenters. The molecule has 1 aliphatic heterocycles. The molecule has 1 amide bonds. The van der Waals surface area contributed by atoms with Gasteiger partial charge in [0.05, 0.1) is 18.4 Å². The Kier molecular flexibility index (Phi) is 6.36. The third-order valence-electron chi connectivity index (χ3n) is 8.06. The van der Waals surface area contributed by atoms with E-state index in [0.29, 0.717) is 42.4 Å². The monoisotopic (exact) mass is 463 g/mol. The molecule has 0 spiro atoms. The van der Waals surface area contributed by atoms with Crippen molar-refractivity contribution in [1.82, 2.24) is 9.88 Å². The number of ether oxygens (including phenoxy) is 1. The van der Waals surface area contributed by atoms with E-state index in [4.69, 9.17) is 10.1 Å². The molecular weight excluding hydrogens is 426 g/mol. The third kappa shape index (κ3) is 4.97. The van der Waals surface area contributed by atoms with Crippen molar-refractivity contribution in [2.75, 3.05) is 6.61 Å². The van der Waals surface area contributed by atoms with E-state index in [0.717, 1.165) is 49.6 Å². The van der Waals surface area contributed by atoms with Crippen molar-refractivity contribution in [1.29, 1.82) is 5.41 Å². The van der Waals surface area contributed by atoms with E-state index >= 15 is 0 Å². The Hall–Kier alpha value is -2.47. The molecular formula is C28H37N3O3. The van der Waals surface area contributed by atoms with Gasteiger partial charge in [0.2, 0.25) is 11.7 Å². The van der Waals surface area contributed by atoms with Gasteiger partial charge in [-0.3, -0.25) is 9.59 Å². The Bertz CT molecular complexity index is 1130. The van der Waals surface area contributed by atoms with E-state index in [9.17, 15) is 9.59 Å². The zero-order valence-electron chi connectivity index (χ0n) is 20.7. The fourth-order valence-electron chi connectivity index (χ4n) is 5.76. The Balaban J connectivity index is 1.29. The number of hydrogen-bond donors (Lipinski definition) is 2. The molecule has 3 aliphatic rings. The number of amides is 1. The average Bonchev–Trinajstić information content (AvgIpc) is 3.74. The molecule has 0 bridgehead atoms. The molecule has 4 atom stereocenters. The van der Waals surface area contributed by atoms with Crippen molar-refractivity contribution in [2.45, 2.75) is 77.4 Å². The lowest BCUT2D eigenvalue weighted by molar-refractivity contribution is -0.122. The molecule has 6 nitrogen and oxygen atoms in total. The van der Waals surface area contributed by atoms with E-state index in [1.165, 1.54) is 17.7 Å². The average molecular weight is 464 g/mol. The molecule has 2 fully saturated rings. The molecule has 2 N–H and O–H groups in total. The topological polar surface area (TPSA) is 87.5 Å². The predicted octanol–water partition coefficient (Wildman–Crippen LogP) is 4.61. The van der Waals surface area contributed by atoms with Gasteiger partial charge in [0.25, 0.3) is 0 Å². The highest BCUT2D eigenvalue weighted by atomic mass is 16.6. The molecule has 5 rings (SSSR count). The number of nitrogens with zero attached hydrogens (tertiary/aromatic N) is 1. The lowest BCUT2D eigenvalue weighted by atomic mass is 9.77. The van der Waals surface area contributed by atoms with Crippen molar-refractivity contribution >= 4 is 28.3 Å². The first-order valence-electron chi connectivity index (χ1n) is 12.9. The molecule has 1 aromatic heterocycles. The van der Waals surface area contributed by atoms with Crippen LogP contribution in [0.2, 0.25) is 0 Å². The molecule has 182 valence electrons. The Morgan fingerprint density at radius 3 is 2.68 bits per heavy atom. The summed E-state index contributed by atoms with van der Waals surface area (Å²) in [5, 5.41) is 12.6. The molecule has 0 radical (unpaired) electrons. The number of hydrogen-bond acceptors (Lipinski definition) is 4. The molecule has 2 heterocycles.